The molecule has 0 atom stereocenters. The van der Waals surface area contributed by atoms with Crippen LogP contribution < -0.4 is 0 Å². The Labute approximate surface area is 261 Å². The first-order valence-electron chi connectivity index (χ1n) is 14.9. The molecule has 41 heavy (non-hydrogen) atoms. The Morgan fingerprint density at radius 2 is 1.78 bits per heavy atom. The molecule has 0 fully saturated rings. The number of furan rings is 1. The predicted octanol–water partition coefficient (Wildman–Crippen LogP) is 9.10. The molecule has 0 bridgehead atoms. The van der Waals surface area contributed by atoms with Crippen molar-refractivity contribution >= 4 is 43.6 Å². The summed E-state index contributed by atoms with van der Waals surface area (Å²) in [7, 11) is 0. The fourth-order valence-corrected chi connectivity index (χ4v) is 6.49. The number of fused-ring (bicyclic) bond motifs is 6. The van der Waals surface area contributed by atoms with Crippen LogP contribution in [0.3, 0.4) is 0 Å². The monoisotopic (exact) mass is 733 g/mol. The molecular weight excluding hydrogens is 703 g/mol. The average Bonchev–Trinajstić information content (AvgIpc) is 3.59. The van der Waals surface area contributed by atoms with Crippen molar-refractivity contribution in [3.05, 3.63) is 113 Å². The number of rotatable bonds is 2. The van der Waals surface area contributed by atoms with Gasteiger partial charge in [-0.2, -0.15) is 0 Å². The standard InChI is InChI=1S/C23H17N2OS.C12H10N.Ir/c1-13-9-10-15-14-6-4-7-16(22(14)26-23(15)24-13)18-11-12-20-21(25-18)17-5-2-3-8-19(17)27-20;1-10-7-8-12(13-9-10)11-5-3-2-4-6-11;/h4,6,9-12H,2-3,5,8H2,1H3;2-5,7-9H,1H3;/q2*-1;/i1D3;;. The number of thiophene rings is 1. The van der Waals surface area contributed by atoms with Gasteiger partial charge in [0.1, 0.15) is 0 Å². The Morgan fingerprint density at radius 3 is 2.61 bits per heavy atom. The van der Waals surface area contributed by atoms with Crippen LogP contribution in [-0.4, -0.2) is 15.0 Å². The van der Waals surface area contributed by atoms with Crippen molar-refractivity contribution in [1.82, 2.24) is 15.0 Å². The maximum Gasteiger partial charge on any atom is 0.216 e. The van der Waals surface area contributed by atoms with Gasteiger partial charge in [-0.25, -0.2) is 4.98 Å². The normalized spacial score (nSPS) is 13.9. The van der Waals surface area contributed by atoms with E-state index in [0.29, 0.717) is 11.3 Å². The Morgan fingerprint density at radius 1 is 0.878 bits per heavy atom. The fraction of sp³-hybridized carbons (Fsp3) is 0.171. The van der Waals surface area contributed by atoms with Crippen molar-refractivity contribution in [2.75, 3.05) is 0 Å². The first-order chi connectivity index (χ1) is 20.8. The molecule has 0 spiro atoms. The van der Waals surface area contributed by atoms with E-state index in [2.05, 4.69) is 34.2 Å². The van der Waals surface area contributed by atoms with E-state index in [1.54, 1.807) is 12.1 Å². The topological polar surface area (TPSA) is 51.8 Å². The number of pyridine rings is 3. The molecule has 4 nitrogen and oxygen atoms in total. The van der Waals surface area contributed by atoms with Gasteiger partial charge in [-0.1, -0.05) is 29.1 Å². The zero-order valence-electron chi connectivity index (χ0n) is 25.3. The quantitative estimate of drug-likeness (QED) is 0.167. The summed E-state index contributed by atoms with van der Waals surface area (Å²) in [5.41, 5.74) is 8.28. The van der Waals surface area contributed by atoms with E-state index in [1.807, 2.05) is 73.0 Å². The Kier molecular flexibility index (Phi) is 6.81. The van der Waals surface area contributed by atoms with Crippen LogP contribution in [0.4, 0.5) is 0 Å². The van der Waals surface area contributed by atoms with E-state index < -0.39 is 6.85 Å². The summed E-state index contributed by atoms with van der Waals surface area (Å²) in [4.78, 5) is 15.0. The van der Waals surface area contributed by atoms with E-state index in [9.17, 15) is 0 Å². The molecule has 2 aromatic carbocycles. The summed E-state index contributed by atoms with van der Waals surface area (Å²) in [6.45, 7) is -0.238. The van der Waals surface area contributed by atoms with E-state index in [4.69, 9.17) is 13.5 Å². The molecule has 7 aromatic rings. The number of hydrogen-bond donors (Lipinski definition) is 0. The van der Waals surface area contributed by atoms with Gasteiger partial charge < -0.3 is 9.40 Å². The fourth-order valence-electron chi connectivity index (χ4n) is 5.25. The molecule has 5 aromatic heterocycles. The Bertz CT molecular complexity index is 2090. The molecular formula is C35H27IrN3OS-2. The van der Waals surface area contributed by atoms with Crippen LogP contribution >= 0.6 is 11.3 Å². The van der Waals surface area contributed by atoms with Gasteiger partial charge in [0.2, 0.25) is 5.71 Å². The molecule has 0 amide bonds. The predicted molar refractivity (Wildman–Crippen MR) is 164 cm³/mol. The van der Waals surface area contributed by atoms with Crippen LogP contribution in [0.25, 0.3) is 54.8 Å². The summed E-state index contributed by atoms with van der Waals surface area (Å²) in [6, 6.07) is 29.6. The van der Waals surface area contributed by atoms with Crippen LogP contribution in [-0.2, 0) is 32.9 Å². The molecule has 0 aliphatic heterocycles. The van der Waals surface area contributed by atoms with E-state index >= 15 is 0 Å². The van der Waals surface area contributed by atoms with E-state index in [0.717, 1.165) is 51.6 Å². The summed E-state index contributed by atoms with van der Waals surface area (Å²) >= 11 is 1.86. The smallest absolute Gasteiger partial charge is 0.216 e. The van der Waals surface area contributed by atoms with E-state index in [1.165, 1.54) is 33.5 Å². The number of benzene rings is 2. The van der Waals surface area contributed by atoms with E-state index in [-0.39, 0.29) is 25.8 Å². The van der Waals surface area contributed by atoms with Crippen LogP contribution in [0.1, 0.15) is 38.7 Å². The molecule has 1 aliphatic carbocycles. The maximum absolute atomic E-state index is 7.61. The molecule has 5 heterocycles. The van der Waals surface area contributed by atoms with Crippen LogP contribution in [0.2, 0.25) is 0 Å². The molecule has 0 saturated heterocycles. The van der Waals surface area contributed by atoms with Gasteiger partial charge in [-0.15, -0.1) is 65.4 Å². The molecule has 1 aliphatic rings. The van der Waals surface area contributed by atoms with Crippen LogP contribution in [0.5, 0.6) is 0 Å². The second-order valence-corrected chi connectivity index (χ2v) is 11.1. The third-order valence-electron chi connectivity index (χ3n) is 7.25. The van der Waals surface area contributed by atoms with Crippen molar-refractivity contribution in [3.8, 4) is 22.5 Å². The third kappa shape index (κ3) is 5.36. The summed E-state index contributed by atoms with van der Waals surface area (Å²) < 4.78 is 30.1. The summed E-state index contributed by atoms with van der Waals surface area (Å²) in [5, 5.41) is 1.68. The van der Waals surface area contributed by atoms with Crippen LogP contribution in [0, 0.1) is 25.9 Å². The van der Waals surface area contributed by atoms with Gasteiger partial charge >= 0.3 is 0 Å². The first-order valence-corrected chi connectivity index (χ1v) is 14.2. The Balaban J connectivity index is 0.000000207. The maximum atomic E-state index is 7.61. The molecule has 0 saturated carbocycles. The second-order valence-electron chi connectivity index (χ2n) is 10.00. The van der Waals surface area contributed by atoms with Gasteiger partial charge in [0.15, 0.2) is 0 Å². The largest absolute Gasteiger partial charge is 0.486 e. The molecule has 0 unspecified atom stereocenters. The van der Waals surface area contributed by atoms with Crippen LogP contribution in [0.15, 0.2) is 83.4 Å². The molecule has 1 radical (unpaired) electrons. The van der Waals surface area contributed by atoms with Crippen molar-refractivity contribution in [1.29, 1.82) is 0 Å². The minimum Gasteiger partial charge on any atom is -0.486 e. The van der Waals surface area contributed by atoms with Gasteiger partial charge in [0.05, 0.1) is 15.8 Å². The molecule has 205 valence electrons. The zero-order valence-corrected chi connectivity index (χ0v) is 25.5. The van der Waals surface area contributed by atoms with Crippen molar-refractivity contribution in [2.45, 2.75) is 39.5 Å². The SMILES string of the molecule is Cc1ccc(-c2[c-]cccc2)nc1.[2H]C([2H])([2H])c1ccc2c(n1)oc1c(-c3ccc4sc5c(c4n3)CCCC5)[c-]ccc12.[Ir]. The first kappa shape index (κ1) is 24.0. The second kappa shape index (κ2) is 11.7. The van der Waals surface area contributed by atoms with Gasteiger partial charge in [0.25, 0.3) is 0 Å². The van der Waals surface area contributed by atoms with Gasteiger partial charge in [-0.05, 0) is 80.2 Å². The summed E-state index contributed by atoms with van der Waals surface area (Å²) in [5.74, 6) is 0. The summed E-state index contributed by atoms with van der Waals surface area (Å²) in [6.07, 6.45) is 6.58. The number of aromatic nitrogens is 3. The third-order valence-corrected chi connectivity index (χ3v) is 8.49. The molecule has 0 N–H and O–H groups in total. The van der Waals surface area contributed by atoms with Gasteiger partial charge in [-0.3, -0.25) is 4.98 Å². The minimum absolute atomic E-state index is 0. The number of nitrogens with zero attached hydrogens (tertiary/aromatic N) is 3. The molecule has 8 rings (SSSR count). The van der Waals surface area contributed by atoms with Crippen molar-refractivity contribution in [2.24, 2.45) is 0 Å². The average molecular weight is 733 g/mol. The van der Waals surface area contributed by atoms with Gasteiger partial charge in [0, 0.05) is 46.4 Å². The Hall–Kier alpha value is -3.70. The van der Waals surface area contributed by atoms with Crippen molar-refractivity contribution < 1.29 is 28.6 Å². The number of hydrogen-bond acceptors (Lipinski definition) is 5. The zero-order chi connectivity index (χ0) is 29.6. The van der Waals surface area contributed by atoms with Crippen molar-refractivity contribution in [3.63, 3.8) is 0 Å². The molecule has 6 heteroatoms. The minimum atomic E-state index is -2.27. The number of aryl methyl sites for hydroxylation is 4.